The maximum atomic E-state index is 13.7. The molecule has 0 spiro atoms. The number of ether oxygens (including phenoxy) is 4. The van der Waals surface area contributed by atoms with Gasteiger partial charge >= 0.3 is 6.09 Å². The van der Waals surface area contributed by atoms with Gasteiger partial charge in [0.1, 0.15) is 17.8 Å². The Labute approximate surface area is 256 Å². The van der Waals surface area contributed by atoms with E-state index < -0.39 is 18.0 Å². The zero-order valence-electron chi connectivity index (χ0n) is 24.7. The van der Waals surface area contributed by atoms with E-state index in [1.54, 1.807) is 16.7 Å². The predicted molar refractivity (Wildman–Crippen MR) is 160 cm³/mol. The zero-order valence-corrected chi connectivity index (χ0v) is 24.7. The van der Waals surface area contributed by atoms with E-state index in [1.807, 2.05) is 60.7 Å². The van der Waals surface area contributed by atoms with Gasteiger partial charge in [-0.3, -0.25) is 9.59 Å². The standard InChI is InChI=1S/C32H37N5O7/c1-2-43-32(40)37-16-14-36(15-17-37)31(39)27(22-42-20-23-9-5-3-6-10-23)34-30(38)26-19-28(44-25-13-18-41-21-25)35-29(33-26)24-11-7-4-8-12-24/h3-12,19,25,27H,2,13-18,20-22H2,1H3,(H,34,38)/t25-,27?/m0/s1. The summed E-state index contributed by atoms with van der Waals surface area (Å²) in [5.41, 5.74) is 1.71. The predicted octanol–water partition coefficient (Wildman–Crippen LogP) is 2.93. The molecule has 0 aliphatic carbocycles. The van der Waals surface area contributed by atoms with Crippen molar-refractivity contribution >= 4 is 17.9 Å². The maximum Gasteiger partial charge on any atom is 0.409 e. The van der Waals surface area contributed by atoms with Crippen LogP contribution in [0, 0.1) is 0 Å². The fraction of sp³-hybridized carbons (Fsp3) is 0.406. The van der Waals surface area contributed by atoms with Crippen molar-refractivity contribution in [2.75, 3.05) is 52.6 Å². The van der Waals surface area contributed by atoms with Crippen LogP contribution >= 0.6 is 0 Å². The number of nitrogens with one attached hydrogen (secondary N) is 1. The second kappa shape index (κ2) is 15.3. The molecule has 0 bridgehead atoms. The van der Waals surface area contributed by atoms with Gasteiger partial charge in [-0.1, -0.05) is 60.7 Å². The lowest BCUT2D eigenvalue weighted by Crippen LogP contribution is -2.57. The number of carbonyl (C=O) groups excluding carboxylic acids is 3. The number of nitrogens with zero attached hydrogens (tertiary/aromatic N) is 4. The van der Waals surface area contributed by atoms with Crippen LogP contribution in [0.2, 0.25) is 0 Å². The van der Waals surface area contributed by atoms with E-state index in [4.69, 9.17) is 18.9 Å². The van der Waals surface area contributed by atoms with Gasteiger partial charge in [-0.15, -0.1) is 0 Å². The molecule has 1 N–H and O–H groups in total. The first-order chi connectivity index (χ1) is 21.5. The number of piperazine rings is 1. The van der Waals surface area contributed by atoms with Crippen LogP contribution in [0.25, 0.3) is 11.4 Å². The molecule has 2 fully saturated rings. The van der Waals surface area contributed by atoms with Crippen LogP contribution in [0.1, 0.15) is 29.4 Å². The Kier molecular flexibility index (Phi) is 10.7. The molecule has 3 aromatic rings. The van der Waals surface area contributed by atoms with Gasteiger partial charge in [-0.25, -0.2) is 9.78 Å². The third-order valence-corrected chi connectivity index (χ3v) is 7.26. The van der Waals surface area contributed by atoms with Crippen LogP contribution in [0.4, 0.5) is 4.79 Å². The third-order valence-electron chi connectivity index (χ3n) is 7.26. The number of aromatic nitrogens is 2. The summed E-state index contributed by atoms with van der Waals surface area (Å²) in [6.07, 6.45) is 0.125. The number of benzene rings is 2. The van der Waals surface area contributed by atoms with Crippen molar-refractivity contribution < 1.29 is 33.3 Å². The van der Waals surface area contributed by atoms with Gasteiger partial charge in [0, 0.05) is 44.2 Å². The Bertz CT molecular complexity index is 1390. The minimum atomic E-state index is -0.997. The highest BCUT2D eigenvalue weighted by Gasteiger charge is 2.31. The molecule has 2 atom stereocenters. The summed E-state index contributed by atoms with van der Waals surface area (Å²) < 4.78 is 22.5. The van der Waals surface area contributed by atoms with Gasteiger partial charge < -0.3 is 34.1 Å². The molecule has 0 saturated carbocycles. The van der Waals surface area contributed by atoms with E-state index in [-0.39, 0.29) is 43.4 Å². The van der Waals surface area contributed by atoms with E-state index in [0.717, 1.165) is 5.56 Å². The van der Waals surface area contributed by atoms with Crippen LogP contribution in [-0.2, 0) is 25.6 Å². The molecule has 2 aliphatic rings. The highest BCUT2D eigenvalue weighted by Crippen LogP contribution is 2.22. The average Bonchev–Trinajstić information content (AvgIpc) is 3.58. The van der Waals surface area contributed by atoms with Gasteiger partial charge in [-0.2, -0.15) is 4.98 Å². The van der Waals surface area contributed by atoms with Crippen molar-refractivity contribution in [2.45, 2.75) is 32.1 Å². The van der Waals surface area contributed by atoms with Crippen LogP contribution in [0.5, 0.6) is 5.88 Å². The molecule has 12 heteroatoms. The van der Waals surface area contributed by atoms with Gasteiger partial charge in [0.05, 0.1) is 33.0 Å². The van der Waals surface area contributed by atoms with Crippen LogP contribution in [-0.4, -0.2) is 102 Å². The Morgan fingerprint density at radius 1 is 0.977 bits per heavy atom. The molecule has 3 heterocycles. The van der Waals surface area contributed by atoms with Crippen molar-refractivity contribution in [3.8, 4) is 17.3 Å². The Morgan fingerprint density at radius 2 is 1.68 bits per heavy atom. The molecule has 5 rings (SSSR count). The summed E-state index contributed by atoms with van der Waals surface area (Å²) in [5.74, 6) is -0.306. The van der Waals surface area contributed by atoms with E-state index in [1.165, 1.54) is 6.07 Å². The van der Waals surface area contributed by atoms with Gasteiger partial charge in [0.15, 0.2) is 5.82 Å². The van der Waals surface area contributed by atoms with Crippen LogP contribution < -0.4 is 10.1 Å². The summed E-state index contributed by atoms with van der Waals surface area (Å²) in [6, 6.07) is 19.3. The first kappa shape index (κ1) is 30.9. The van der Waals surface area contributed by atoms with Crippen LogP contribution in [0.15, 0.2) is 66.7 Å². The second-order valence-electron chi connectivity index (χ2n) is 10.4. The van der Waals surface area contributed by atoms with Gasteiger partial charge in [0.25, 0.3) is 5.91 Å². The summed E-state index contributed by atoms with van der Waals surface area (Å²) in [5, 5.41) is 2.84. The molecule has 1 unspecified atom stereocenters. The van der Waals surface area contributed by atoms with Crippen molar-refractivity contribution in [3.05, 3.63) is 78.0 Å². The number of amides is 3. The van der Waals surface area contributed by atoms with Gasteiger partial charge in [-0.05, 0) is 12.5 Å². The highest BCUT2D eigenvalue weighted by molar-refractivity contribution is 5.96. The van der Waals surface area contributed by atoms with E-state index in [9.17, 15) is 14.4 Å². The molecule has 232 valence electrons. The second-order valence-corrected chi connectivity index (χ2v) is 10.4. The van der Waals surface area contributed by atoms with Crippen LogP contribution in [0.3, 0.4) is 0 Å². The molecule has 12 nitrogen and oxygen atoms in total. The smallest absolute Gasteiger partial charge is 0.409 e. The fourth-order valence-corrected chi connectivity index (χ4v) is 4.91. The largest absolute Gasteiger partial charge is 0.472 e. The highest BCUT2D eigenvalue weighted by atomic mass is 16.6. The first-order valence-corrected chi connectivity index (χ1v) is 14.8. The Morgan fingerprint density at radius 3 is 2.36 bits per heavy atom. The Hall–Kier alpha value is -4.55. The number of hydrogen-bond donors (Lipinski definition) is 1. The summed E-state index contributed by atoms with van der Waals surface area (Å²) >= 11 is 0. The number of rotatable bonds is 11. The molecule has 3 amide bonds. The lowest BCUT2D eigenvalue weighted by molar-refractivity contribution is -0.136. The molecule has 2 saturated heterocycles. The molecule has 2 aromatic carbocycles. The monoisotopic (exact) mass is 603 g/mol. The summed E-state index contributed by atoms with van der Waals surface area (Å²) in [4.78, 5) is 51.8. The van der Waals surface area contributed by atoms with E-state index in [2.05, 4.69) is 15.3 Å². The summed E-state index contributed by atoms with van der Waals surface area (Å²) in [6.45, 7) is 4.52. The zero-order chi connectivity index (χ0) is 30.7. The normalized spacial score (nSPS) is 17.2. The quantitative estimate of drug-likeness (QED) is 0.351. The molecular formula is C32H37N5O7. The average molecular weight is 604 g/mol. The van der Waals surface area contributed by atoms with Crippen molar-refractivity contribution in [3.63, 3.8) is 0 Å². The lowest BCUT2D eigenvalue weighted by Gasteiger charge is -2.35. The topological polar surface area (TPSA) is 132 Å². The van der Waals surface area contributed by atoms with Crippen molar-refractivity contribution in [1.82, 2.24) is 25.1 Å². The van der Waals surface area contributed by atoms with Crippen molar-refractivity contribution in [1.29, 1.82) is 0 Å². The molecular weight excluding hydrogens is 566 g/mol. The van der Waals surface area contributed by atoms with E-state index >= 15 is 0 Å². The molecule has 1 aromatic heterocycles. The van der Waals surface area contributed by atoms with Gasteiger partial charge in [0.2, 0.25) is 11.8 Å². The number of hydrogen-bond acceptors (Lipinski definition) is 9. The molecule has 2 aliphatic heterocycles. The molecule has 0 radical (unpaired) electrons. The van der Waals surface area contributed by atoms with E-state index in [0.29, 0.717) is 57.2 Å². The minimum Gasteiger partial charge on any atom is -0.472 e. The third kappa shape index (κ3) is 8.29. The Balaban J connectivity index is 1.33. The first-order valence-electron chi connectivity index (χ1n) is 14.8. The lowest BCUT2D eigenvalue weighted by atomic mass is 10.2. The number of carbonyl (C=O) groups is 3. The van der Waals surface area contributed by atoms with Crippen molar-refractivity contribution in [2.24, 2.45) is 0 Å². The maximum absolute atomic E-state index is 13.7. The molecule has 44 heavy (non-hydrogen) atoms. The SMILES string of the molecule is CCOC(=O)N1CCN(C(=O)C(COCc2ccccc2)NC(=O)c2cc(O[C@H]3CCOC3)nc(-c3ccccc3)n2)CC1. The summed E-state index contributed by atoms with van der Waals surface area (Å²) in [7, 11) is 0. The minimum absolute atomic E-state index is 0.0563. The fourth-order valence-electron chi connectivity index (χ4n) is 4.91.